The average Bonchev–Trinajstić information content (AvgIpc) is 2.66. The smallest absolute Gasteiger partial charge is 0.366 e. The summed E-state index contributed by atoms with van der Waals surface area (Å²) in [6.45, 7) is 3.04. The van der Waals surface area contributed by atoms with Crippen LogP contribution in [0.1, 0.15) is 15.9 Å². The number of anilines is 1. The molecule has 4 nitrogen and oxygen atoms in total. The first-order valence-corrected chi connectivity index (χ1v) is 10.2. The van der Waals surface area contributed by atoms with Crippen molar-refractivity contribution in [2.24, 2.45) is 0 Å². The van der Waals surface area contributed by atoms with Crippen molar-refractivity contribution in [3.8, 4) is 0 Å². The number of benzene rings is 1. The van der Waals surface area contributed by atoms with Crippen molar-refractivity contribution >= 4 is 35.0 Å². The number of rotatable bonds is 4. The lowest BCUT2D eigenvalue weighted by molar-refractivity contribution is -0.105. The van der Waals surface area contributed by atoms with Gasteiger partial charge in [-0.3, -0.25) is 4.79 Å². The Morgan fingerprint density at radius 3 is 2.52 bits per heavy atom. The van der Waals surface area contributed by atoms with Gasteiger partial charge in [-0.15, -0.1) is 11.8 Å². The molecule has 1 aliphatic rings. The van der Waals surface area contributed by atoms with Gasteiger partial charge in [0.1, 0.15) is 11.0 Å². The van der Waals surface area contributed by atoms with E-state index < -0.39 is 17.7 Å². The Morgan fingerprint density at radius 2 is 1.90 bits per heavy atom. The van der Waals surface area contributed by atoms with Gasteiger partial charge in [0.05, 0.1) is 11.4 Å². The van der Waals surface area contributed by atoms with Crippen LogP contribution in [0, 0.1) is 12.7 Å². The standard InChI is InChI=1S/C19H18ClF4N3OS/c1-12-8-14(21)15(10-16(12)29-11-19(22,23)24)26-4-6-27(7-5-26)18(28)13-2-3-25-17(20)9-13/h2-3,8-10H,4-7,11H2,1H3. The topological polar surface area (TPSA) is 36.4 Å². The molecule has 2 heterocycles. The van der Waals surface area contributed by atoms with Gasteiger partial charge in [0.2, 0.25) is 0 Å². The summed E-state index contributed by atoms with van der Waals surface area (Å²) in [5.74, 6) is -1.71. The largest absolute Gasteiger partial charge is 0.398 e. The zero-order valence-electron chi connectivity index (χ0n) is 15.5. The van der Waals surface area contributed by atoms with Crippen molar-refractivity contribution in [1.82, 2.24) is 9.88 Å². The van der Waals surface area contributed by atoms with Gasteiger partial charge in [0.15, 0.2) is 0 Å². The lowest BCUT2D eigenvalue weighted by Crippen LogP contribution is -2.49. The number of aromatic nitrogens is 1. The summed E-state index contributed by atoms with van der Waals surface area (Å²) in [5.41, 5.74) is 1.13. The third-order valence-electron chi connectivity index (χ3n) is 4.52. The summed E-state index contributed by atoms with van der Waals surface area (Å²) >= 11 is 6.47. The Kier molecular flexibility index (Phi) is 6.58. The minimum atomic E-state index is -4.30. The first kappa shape index (κ1) is 21.7. The molecular weight excluding hydrogens is 430 g/mol. The second kappa shape index (κ2) is 8.79. The van der Waals surface area contributed by atoms with Gasteiger partial charge in [-0.1, -0.05) is 11.6 Å². The molecule has 0 saturated carbocycles. The van der Waals surface area contributed by atoms with Gasteiger partial charge < -0.3 is 9.80 Å². The van der Waals surface area contributed by atoms with Crippen LogP contribution in [0.25, 0.3) is 0 Å². The van der Waals surface area contributed by atoms with Crippen LogP contribution in [-0.4, -0.2) is 53.9 Å². The van der Waals surface area contributed by atoms with E-state index in [4.69, 9.17) is 11.6 Å². The Hall–Kier alpha value is -2.00. The fourth-order valence-electron chi connectivity index (χ4n) is 3.07. The monoisotopic (exact) mass is 447 g/mol. The number of carbonyl (C=O) groups is 1. The van der Waals surface area contributed by atoms with Crippen LogP contribution in [0.15, 0.2) is 35.4 Å². The maximum atomic E-state index is 14.5. The van der Waals surface area contributed by atoms with Crippen LogP contribution in [0.4, 0.5) is 23.2 Å². The number of piperazine rings is 1. The molecule has 0 radical (unpaired) electrons. The van der Waals surface area contributed by atoms with Crippen molar-refractivity contribution in [2.45, 2.75) is 18.0 Å². The predicted octanol–water partition coefficient (Wildman–Crippen LogP) is 4.80. The Balaban J connectivity index is 1.69. The number of amides is 1. The number of halogens is 5. The van der Waals surface area contributed by atoms with Crippen molar-refractivity contribution in [2.75, 3.05) is 36.8 Å². The van der Waals surface area contributed by atoms with Gasteiger partial charge in [0.25, 0.3) is 5.91 Å². The van der Waals surface area contributed by atoms with Gasteiger partial charge in [-0.05, 0) is 36.8 Å². The van der Waals surface area contributed by atoms with Crippen molar-refractivity contribution in [3.63, 3.8) is 0 Å². The maximum absolute atomic E-state index is 14.5. The van der Waals surface area contributed by atoms with E-state index in [1.807, 2.05) is 0 Å². The molecule has 0 aliphatic carbocycles. The number of aryl methyl sites for hydroxylation is 1. The fourth-order valence-corrected chi connectivity index (χ4v) is 4.04. The molecule has 156 valence electrons. The second-order valence-corrected chi connectivity index (χ2v) is 8.02. The molecule has 29 heavy (non-hydrogen) atoms. The lowest BCUT2D eigenvalue weighted by atomic mass is 10.1. The predicted molar refractivity (Wildman–Crippen MR) is 105 cm³/mol. The highest BCUT2D eigenvalue weighted by molar-refractivity contribution is 7.99. The Morgan fingerprint density at radius 1 is 1.21 bits per heavy atom. The van der Waals surface area contributed by atoms with E-state index in [-0.39, 0.29) is 16.7 Å². The van der Waals surface area contributed by atoms with Crippen LogP contribution < -0.4 is 4.90 Å². The molecule has 1 saturated heterocycles. The van der Waals surface area contributed by atoms with E-state index >= 15 is 0 Å². The number of hydrogen-bond acceptors (Lipinski definition) is 4. The molecule has 0 unspecified atom stereocenters. The van der Waals surface area contributed by atoms with E-state index in [0.29, 0.717) is 54.0 Å². The Labute approximate surface area is 174 Å². The second-order valence-electron chi connectivity index (χ2n) is 6.62. The summed E-state index contributed by atoms with van der Waals surface area (Å²) in [6, 6.07) is 5.77. The average molecular weight is 448 g/mol. The number of pyridine rings is 1. The number of carbonyl (C=O) groups excluding carboxylic acids is 1. The zero-order chi connectivity index (χ0) is 21.2. The Bertz CT molecular complexity index is 902. The van der Waals surface area contributed by atoms with E-state index in [0.717, 1.165) is 0 Å². The van der Waals surface area contributed by atoms with Gasteiger partial charge in [-0.2, -0.15) is 13.2 Å². The van der Waals surface area contributed by atoms with Gasteiger partial charge in [-0.25, -0.2) is 9.37 Å². The van der Waals surface area contributed by atoms with Crippen LogP contribution in [-0.2, 0) is 0 Å². The van der Waals surface area contributed by atoms with Crippen molar-refractivity contribution in [1.29, 1.82) is 0 Å². The van der Waals surface area contributed by atoms with Crippen LogP contribution in [0.5, 0.6) is 0 Å². The molecule has 1 aromatic heterocycles. The van der Waals surface area contributed by atoms with E-state index in [1.54, 1.807) is 22.8 Å². The number of hydrogen-bond donors (Lipinski definition) is 0. The summed E-state index contributed by atoms with van der Waals surface area (Å²) < 4.78 is 52.1. The van der Waals surface area contributed by atoms with E-state index in [9.17, 15) is 22.4 Å². The molecule has 10 heteroatoms. The molecule has 2 aromatic rings. The molecular formula is C19H18ClF4N3OS. The molecule has 0 N–H and O–H groups in total. The highest BCUT2D eigenvalue weighted by Crippen LogP contribution is 2.34. The number of alkyl halides is 3. The van der Waals surface area contributed by atoms with Crippen molar-refractivity contribution < 1.29 is 22.4 Å². The molecule has 1 aromatic carbocycles. The van der Waals surface area contributed by atoms with Crippen LogP contribution >= 0.6 is 23.4 Å². The quantitative estimate of drug-likeness (QED) is 0.383. The van der Waals surface area contributed by atoms with Crippen LogP contribution in [0.2, 0.25) is 5.15 Å². The third-order valence-corrected chi connectivity index (χ3v) is 5.95. The minimum Gasteiger partial charge on any atom is -0.366 e. The SMILES string of the molecule is Cc1cc(F)c(N2CCN(C(=O)c3ccnc(Cl)c3)CC2)cc1SCC(F)(F)F. The number of thioether (sulfide) groups is 1. The highest BCUT2D eigenvalue weighted by atomic mass is 35.5. The first-order chi connectivity index (χ1) is 13.6. The molecule has 1 aliphatic heterocycles. The molecule has 1 fully saturated rings. The third kappa shape index (κ3) is 5.54. The molecule has 0 atom stereocenters. The van der Waals surface area contributed by atoms with Gasteiger partial charge in [0, 0.05) is 42.8 Å². The van der Waals surface area contributed by atoms with Gasteiger partial charge >= 0.3 is 6.18 Å². The molecule has 0 bridgehead atoms. The van der Waals surface area contributed by atoms with Crippen LogP contribution in [0.3, 0.4) is 0 Å². The molecule has 1 amide bonds. The van der Waals surface area contributed by atoms with E-state index in [1.165, 1.54) is 24.4 Å². The summed E-state index contributed by atoms with van der Waals surface area (Å²) in [4.78, 5) is 20.2. The van der Waals surface area contributed by atoms with Crippen molar-refractivity contribution in [3.05, 3.63) is 52.6 Å². The zero-order valence-corrected chi connectivity index (χ0v) is 17.0. The fraction of sp³-hybridized carbons (Fsp3) is 0.368. The lowest BCUT2D eigenvalue weighted by Gasteiger charge is -2.36. The number of nitrogens with zero attached hydrogens (tertiary/aromatic N) is 3. The van der Waals surface area contributed by atoms with E-state index in [2.05, 4.69) is 4.98 Å². The highest BCUT2D eigenvalue weighted by Gasteiger charge is 2.29. The summed E-state index contributed by atoms with van der Waals surface area (Å²) in [6.07, 6.45) is -2.85. The summed E-state index contributed by atoms with van der Waals surface area (Å²) in [7, 11) is 0. The first-order valence-electron chi connectivity index (χ1n) is 8.79. The maximum Gasteiger partial charge on any atom is 0.398 e. The molecule has 3 rings (SSSR count). The normalized spacial score (nSPS) is 15.0. The molecule has 0 spiro atoms. The minimum absolute atomic E-state index is 0.195. The summed E-state index contributed by atoms with van der Waals surface area (Å²) in [5, 5.41) is 0.222.